The van der Waals surface area contributed by atoms with Crippen molar-refractivity contribution in [3.63, 3.8) is 0 Å². The summed E-state index contributed by atoms with van der Waals surface area (Å²) >= 11 is 0. The van der Waals surface area contributed by atoms with Crippen molar-refractivity contribution in [1.82, 2.24) is 9.97 Å². The molecule has 5 nitrogen and oxygen atoms in total. The van der Waals surface area contributed by atoms with Gasteiger partial charge in [0.15, 0.2) is 0 Å². The highest BCUT2D eigenvalue weighted by Crippen LogP contribution is 2.13. The Balaban J connectivity index is 2.17. The van der Waals surface area contributed by atoms with Gasteiger partial charge in [-0.15, -0.1) is 0 Å². The summed E-state index contributed by atoms with van der Waals surface area (Å²) in [5.74, 6) is 6.29. The average Bonchev–Trinajstić information content (AvgIpc) is 2.31. The standard InChI is InChI=1S/C10H11N5/c11-15-10-12-7-6-9(14-10)13-8-4-2-1-3-5-8/h1-7H,11H2,(H2,12,13,14,15). The lowest BCUT2D eigenvalue weighted by atomic mass is 10.3. The lowest BCUT2D eigenvalue weighted by Crippen LogP contribution is -2.10. The van der Waals surface area contributed by atoms with Crippen LogP contribution in [0.2, 0.25) is 0 Å². The minimum Gasteiger partial charge on any atom is -0.340 e. The van der Waals surface area contributed by atoms with Gasteiger partial charge in [0.05, 0.1) is 0 Å². The fourth-order valence-corrected chi connectivity index (χ4v) is 1.17. The first kappa shape index (κ1) is 9.42. The third-order valence-electron chi connectivity index (χ3n) is 1.83. The second-order valence-corrected chi connectivity index (χ2v) is 2.90. The van der Waals surface area contributed by atoms with Crippen molar-refractivity contribution in [2.75, 3.05) is 10.7 Å². The van der Waals surface area contributed by atoms with Gasteiger partial charge in [-0.05, 0) is 18.2 Å². The number of anilines is 3. The van der Waals surface area contributed by atoms with E-state index in [1.165, 1.54) is 0 Å². The maximum atomic E-state index is 5.21. The molecule has 0 bridgehead atoms. The highest BCUT2D eigenvalue weighted by atomic mass is 15.3. The molecule has 0 aliphatic carbocycles. The van der Waals surface area contributed by atoms with E-state index in [0.29, 0.717) is 11.8 Å². The quantitative estimate of drug-likeness (QED) is 0.518. The van der Waals surface area contributed by atoms with E-state index in [-0.39, 0.29) is 0 Å². The molecular formula is C10H11N5. The highest BCUT2D eigenvalue weighted by Gasteiger charge is 1.97. The van der Waals surface area contributed by atoms with E-state index in [9.17, 15) is 0 Å². The van der Waals surface area contributed by atoms with Crippen molar-refractivity contribution < 1.29 is 0 Å². The average molecular weight is 201 g/mol. The fraction of sp³-hybridized carbons (Fsp3) is 0. The Bertz CT molecular complexity index is 429. The fourth-order valence-electron chi connectivity index (χ4n) is 1.17. The Kier molecular flexibility index (Phi) is 2.75. The first-order valence-electron chi connectivity index (χ1n) is 4.50. The third-order valence-corrected chi connectivity index (χ3v) is 1.83. The van der Waals surface area contributed by atoms with Gasteiger partial charge in [0.2, 0.25) is 5.95 Å². The van der Waals surface area contributed by atoms with E-state index in [4.69, 9.17) is 5.84 Å². The smallest absolute Gasteiger partial charge is 0.239 e. The van der Waals surface area contributed by atoms with E-state index >= 15 is 0 Å². The number of nitrogens with zero attached hydrogens (tertiary/aromatic N) is 2. The van der Waals surface area contributed by atoms with Crippen molar-refractivity contribution in [1.29, 1.82) is 0 Å². The molecule has 15 heavy (non-hydrogen) atoms. The molecule has 2 rings (SSSR count). The zero-order valence-corrected chi connectivity index (χ0v) is 8.01. The second kappa shape index (κ2) is 4.39. The Labute approximate surface area is 87.3 Å². The van der Waals surface area contributed by atoms with Crippen LogP contribution >= 0.6 is 0 Å². The van der Waals surface area contributed by atoms with Gasteiger partial charge in [-0.1, -0.05) is 18.2 Å². The molecule has 2 aromatic rings. The molecular weight excluding hydrogens is 190 g/mol. The van der Waals surface area contributed by atoms with Crippen LogP contribution < -0.4 is 16.6 Å². The number of para-hydroxylation sites is 1. The number of hydrazine groups is 1. The molecule has 0 aliphatic rings. The van der Waals surface area contributed by atoms with Gasteiger partial charge < -0.3 is 5.32 Å². The van der Waals surface area contributed by atoms with Gasteiger partial charge in [-0.3, -0.25) is 5.43 Å². The van der Waals surface area contributed by atoms with Crippen molar-refractivity contribution in [2.24, 2.45) is 5.84 Å². The summed E-state index contributed by atoms with van der Waals surface area (Å²) in [5, 5.41) is 3.13. The Hall–Kier alpha value is -2.14. The van der Waals surface area contributed by atoms with Crippen LogP contribution in [0.4, 0.5) is 17.5 Å². The molecule has 0 fully saturated rings. The van der Waals surface area contributed by atoms with Crippen LogP contribution in [0.3, 0.4) is 0 Å². The molecule has 0 saturated carbocycles. The maximum absolute atomic E-state index is 5.21. The van der Waals surface area contributed by atoms with Crippen molar-refractivity contribution in [2.45, 2.75) is 0 Å². The predicted octanol–water partition coefficient (Wildman–Crippen LogP) is 1.51. The summed E-state index contributed by atoms with van der Waals surface area (Å²) in [6.07, 6.45) is 1.63. The van der Waals surface area contributed by atoms with Crippen molar-refractivity contribution in [3.05, 3.63) is 42.6 Å². The van der Waals surface area contributed by atoms with Crippen LogP contribution in [0.1, 0.15) is 0 Å². The summed E-state index contributed by atoms with van der Waals surface area (Å²) in [5.41, 5.74) is 3.36. The molecule has 5 heteroatoms. The number of benzene rings is 1. The molecule has 0 atom stereocenters. The van der Waals surface area contributed by atoms with Crippen LogP contribution in [-0.2, 0) is 0 Å². The molecule has 0 aliphatic heterocycles. The Morgan fingerprint density at radius 1 is 1.07 bits per heavy atom. The SMILES string of the molecule is NNc1nccc(Nc2ccccc2)n1. The number of nitrogens with one attached hydrogen (secondary N) is 2. The molecule has 1 heterocycles. The normalized spacial score (nSPS) is 9.67. The van der Waals surface area contributed by atoms with Gasteiger partial charge in [0, 0.05) is 11.9 Å². The minimum atomic E-state index is 0.385. The molecule has 0 saturated heterocycles. The van der Waals surface area contributed by atoms with E-state index in [1.807, 2.05) is 30.3 Å². The van der Waals surface area contributed by atoms with E-state index in [0.717, 1.165) is 5.69 Å². The van der Waals surface area contributed by atoms with Crippen LogP contribution in [0.15, 0.2) is 42.6 Å². The summed E-state index contributed by atoms with van der Waals surface area (Å²) in [6, 6.07) is 11.5. The van der Waals surface area contributed by atoms with Crippen LogP contribution in [0.25, 0.3) is 0 Å². The molecule has 4 N–H and O–H groups in total. The first-order valence-corrected chi connectivity index (χ1v) is 4.50. The van der Waals surface area contributed by atoms with Crippen LogP contribution in [0, 0.1) is 0 Å². The number of nitrogens with two attached hydrogens (primary N) is 1. The summed E-state index contributed by atoms with van der Waals surface area (Å²) in [6.45, 7) is 0. The first-order chi connectivity index (χ1) is 7.38. The zero-order valence-electron chi connectivity index (χ0n) is 8.01. The monoisotopic (exact) mass is 201 g/mol. The van der Waals surface area contributed by atoms with Crippen molar-refractivity contribution in [3.8, 4) is 0 Å². The van der Waals surface area contributed by atoms with Gasteiger partial charge in [-0.2, -0.15) is 4.98 Å². The third kappa shape index (κ3) is 2.41. The molecule has 0 spiro atoms. The number of nitrogen functional groups attached to an aromatic ring is 1. The minimum absolute atomic E-state index is 0.385. The summed E-state index contributed by atoms with van der Waals surface area (Å²) in [4.78, 5) is 8.04. The molecule has 0 amide bonds. The van der Waals surface area contributed by atoms with E-state index < -0.39 is 0 Å². The highest BCUT2D eigenvalue weighted by molar-refractivity contribution is 5.56. The number of hydrogen-bond acceptors (Lipinski definition) is 5. The van der Waals surface area contributed by atoms with Gasteiger partial charge in [0.1, 0.15) is 5.82 Å². The topological polar surface area (TPSA) is 75.9 Å². The maximum Gasteiger partial charge on any atom is 0.239 e. The molecule has 1 aromatic heterocycles. The van der Waals surface area contributed by atoms with Gasteiger partial charge >= 0.3 is 0 Å². The van der Waals surface area contributed by atoms with Gasteiger partial charge in [0.25, 0.3) is 0 Å². The number of aromatic nitrogens is 2. The number of hydrogen-bond donors (Lipinski definition) is 3. The lowest BCUT2D eigenvalue weighted by molar-refractivity contribution is 1.12. The van der Waals surface area contributed by atoms with Crippen LogP contribution in [0.5, 0.6) is 0 Å². The number of rotatable bonds is 3. The molecule has 1 aromatic carbocycles. The molecule has 76 valence electrons. The van der Waals surface area contributed by atoms with E-state index in [1.54, 1.807) is 12.3 Å². The summed E-state index contributed by atoms with van der Waals surface area (Å²) in [7, 11) is 0. The second-order valence-electron chi connectivity index (χ2n) is 2.90. The Morgan fingerprint density at radius 2 is 1.87 bits per heavy atom. The van der Waals surface area contributed by atoms with Crippen LogP contribution in [-0.4, -0.2) is 9.97 Å². The molecule has 0 radical (unpaired) electrons. The van der Waals surface area contributed by atoms with E-state index in [2.05, 4.69) is 20.7 Å². The molecule has 0 unspecified atom stereocenters. The zero-order chi connectivity index (χ0) is 10.5. The summed E-state index contributed by atoms with van der Waals surface area (Å²) < 4.78 is 0. The van der Waals surface area contributed by atoms with Gasteiger partial charge in [-0.25, -0.2) is 10.8 Å². The largest absolute Gasteiger partial charge is 0.340 e. The van der Waals surface area contributed by atoms with Crippen molar-refractivity contribution >= 4 is 17.5 Å². The lowest BCUT2D eigenvalue weighted by Gasteiger charge is -2.05. The Morgan fingerprint density at radius 3 is 2.60 bits per heavy atom. The predicted molar refractivity (Wildman–Crippen MR) is 59.6 cm³/mol.